The average molecular weight is 209 g/mol. The fourth-order valence-corrected chi connectivity index (χ4v) is 1.24. The van der Waals surface area contributed by atoms with E-state index < -0.39 is 0 Å². The van der Waals surface area contributed by atoms with Gasteiger partial charge in [-0.1, -0.05) is 35.0 Å². The summed E-state index contributed by atoms with van der Waals surface area (Å²) in [5, 5.41) is 3.82. The van der Waals surface area contributed by atoms with Gasteiger partial charge in [-0.3, -0.25) is 0 Å². The molecule has 2 aromatic rings. The molecule has 0 aliphatic carbocycles. The van der Waals surface area contributed by atoms with Crippen LogP contribution in [-0.4, -0.2) is 10.1 Å². The molecule has 0 bridgehead atoms. The molecule has 0 aliphatic rings. The number of hydrogen-bond donors (Lipinski definition) is 0. The van der Waals surface area contributed by atoms with E-state index in [1.54, 1.807) is 0 Å². The lowest BCUT2D eigenvalue weighted by Crippen LogP contribution is -1.81. The van der Waals surface area contributed by atoms with Crippen LogP contribution in [0.2, 0.25) is 0 Å². The van der Waals surface area contributed by atoms with Crippen molar-refractivity contribution in [3.05, 3.63) is 35.7 Å². The second-order valence-electron chi connectivity index (χ2n) is 3.01. The van der Waals surface area contributed by atoms with Crippen LogP contribution in [-0.2, 0) is 5.88 Å². The number of rotatable bonds is 2. The Morgan fingerprint density at radius 3 is 2.57 bits per heavy atom. The molecule has 0 amide bonds. The SMILES string of the molecule is Cc1ccc(-c2noc(CCl)n2)cc1. The largest absolute Gasteiger partial charge is 0.338 e. The summed E-state index contributed by atoms with van der Waals surface area (Å²) in [7, 11) is 0. The number of hydrogen-bond acceptors (Lipinski definition) is 3. The van der Waals surface area contributed by atoms with Crippen LogP contribution in [0, 0.1) is 6.92 Å². The lowest BCUT2D eigenvalue weighted by Gasteiger charge is -1.94. The molecule has 0 atom stereocenters. The first-order chi connectivity index (χ1) is 6.79. The van der Waals surface area contributed by atoms with E-state index >= 15 is 0 Å². The second kappa shape index (κ2) is 3.80. The highest BCUT2D eigenvalue weighted by Gasteiger charge is 2.06. The molecule has 3 nitrogen and oxygen atoms in total. The Labute approximate surface area is 86.7 Å². The second-order valence-corrected chi connectivity index (χ2v) is 3.28. The van der Waals surface area contributed by atoms with Gasteiger partial charge in [0.15, 0.2) is 0 Å². The quantitative estimate of drug-likeness (QED) is 0.713. The molecule has 1 aromatic carbocycles. The van der Waals surface area contributed by atoms with Crippen molar-refractivity contribution in [2.45, 2.75) is 12.8 Å². The zero-order valence-corrected chi connectivity index (χ0v) is 8.45. The molecule has 1 heterocycles. The Bertz CT molecular complexity index is 422. The van der Waals surface area contributed by atoms with Crippen molar-refractivity contribution in [3.63, 3.8) is 0 Å². The van der Waals surface area contributed by atoms with E-state index in [9.17, 15) is 0 Å². The van der Waals surface area contributed by atoms with Gasteiger partial charge < -0.3 is 4.52 Å². The molecular formula is C10H9ClN2O. The summed E-state index contributed by atoms with van der Waals surface area (Å²) in [5.41, 5.74) is 2.14. The highest BCUT2D eigenvalue weighted by molar-refractivity contribution is 6.16. The van der Waals surface area contributed by atoms with E-state index in [0.29, 0.717) is 11.7 Å². The van der Waals surface area contributed by atoms with Crippen molar-refractivity contribution in [2.75, 3.05) is 0 Å². The topological polar surface area (TPSA) is 38.9 Å². The molecule has 0 saturated carbocycles. The van der Waals surface area contributed by atoms with Crippen LogP contribution >= 0.6 is 11.6 Å². The number of alkyl halides is 1. The van der Waals surface area contributed by atoms with Crippen LogP contribution in [0.1, 0.15) is 11.5 Å². The number of aryl methyl sites for hydroxylation is 1. The predicted octanol–water partition coefficient (Wildman–Crippen LogP) is 2.78. The summed E-state index contributed by atoms with van der Waals surface area (Å²) in [6, 6.07) is 7.93. The molecule has 2 rings (SSSR count). The zero-order valence-electron chi connectivity index (χ0n) is 7.70. The van der Waals surface area contributed by atoms with E-state index in [4.69, 9.17) is 16.1 Å². The van der Waals surface area contributed by atoms with Gasteiger partial charge in [-0.2, -0.15) is 4.98 Å². The normalized spacial score (nSPS) is 10.4. The van der Waals surface area contributed by atoms with Gasteiger partial charge in [0, 0.05) is 5.56 Å². The third-order valence-corrected chi connectivity index (χ3v) is 2.12. The molecule has 0 fully saturated rings. The maximum absolute atomic E-state index is 5.56. The van der Waals surface area contributed by atoms with E-state index in [-0.39, 0.29) is 5.88 Å². The number of nitrogens with zero attached hydrogens (tertiary/aromatic N) is 2. The van der Waals surface area contributed by atoms with Gasteiger partial charge in [0.1, 0.15) is 5.88 Å². The fraction of sp³-hybridized carbons (Fsp3) is 0.200. The summed E-state index contributed by atoms with van der Waals surface area (Å²) < 4.78 is 4.91. The van der Waals surface area contributed by atoms with Crippen LogP contribution in [0.4, 0.5) is 0 Å². The molecular weight excluding hydrogens is 200 g/mol. The molecule has 0 aliphatic heterocycles. The molecule has 0 spiro atoms. The van der Waals surface area contributed by atoms with E-state index in [0.717, 1.165) is 5.56 Å². The van der Waals surface area contributed by atoms with E-state index in [1.165, 1.54) is 5.56 Å². The molecule has 0 saturated heterocycles. The monoisotopic (exact) mass is 208 g/mol. The van der Waals surface area contributed by atoms with Gasteiger partial charge >= 0.3 is 0 Å². The number of halogens is 1. The van der Waals surface area contributed by atoms with Gasteiger partial charge in [-0.05, 0) is 6.92 Å². The van der Waals surface area contributed by atoms with Gasteiger partial charge in [-0.25, -0.2) is 0 Å². The highest BCUT2D eigenvalue weighted by Crippen LogP contribution is 2.16. The Morgan fingerprint density at radius 2 is 2.00 bits per heavy atom. The fourth-order valence-electron chi connectivity index (χ4n) is 1.13. The van der Waals surface area contributed by atoms with Crippen LogP contribution in [0.5, 0.6) is 0 Å². The summed E-state index contributed by atoms with van der Waals surface area (Å²) in [6.45, 7) is 2.03. The van der Waals surface area contributed by atoms with Crippen molar-refractivity contribution in [1.29, 1.82) is 0 Å². The van der Waals surface area contributed by atoms with Crippen molar-refractivity contribution >= 4 is 11.6 Å². The van der Waals surface area contributed by atoms with Crippen LogP contribution in [0.15, 0.2) is 28.8 Å². The molecule has 72 valence electrons. The van der Waals surface area contributed by atoms with E-state index in [2.05, 4.69) is 10.1 Å². The van der Waals surface area contributed by atoms with Crippen molar-refractivity contribution in [2.24, 2.45) is 0 Å². The molecule has 0 radical (unpaired) electrons. The third-order valence-electron chi connectivity index (χ3n) is 1.89. The molecule has 0 unspecified atom stereocenters. The summed E-state index contributed by atoms with van der Waals surface area (Å²) in [4.78, 5) is 4.12. The summed E-state index contributed by atoms with van der Waals surface area (Å²) in [6.07, 6.45) is 0. The number of benzene rings is 1. The highest BCUT2D eigenvalue weighted by atomic mass is 35.5. The Kier molecular flexibility index (Phi) is 2.50. The van der Waals surface area contributed by atoms with Crippen molar-refractivity contribution < 1.29 is 4.52 Å². The van der Waals surface area contributed by atoms with Gasteiger partial charge in [0.25, 0.3) is 0 Å². The minimum atomic E-state index is 0.249. The maximum Gasteiger partial charge on any atom is 0.241 e. The predicted molar refractivity (Wildman–Crippen MR) is 54.0 cm³/mol. The van der Waals surface area contributed by atoms with Gasteiger partial charge in [0.05, 0.1) is 0 Å². The molecule has 4 heteroatoms. The van der Waals surface area contributed by atoms with Crippen LogP contribution in [0.25, 0.3) is 11.4 Å². The smallest absolute Gasteiger partial charge is 0.241 e. The maximum atomic E-state index is 5.56. The molecule has 14 heavy (non-hydrogen) atoms. The molecule has 0 N–H and O–H groups in total. The van der Waals surface area contributed by atoms with Crippen LogP contribution < -0.4 is 0 Å². The summed E-state index contributed by atoms with van der Waals surface area (Å²) in [5.74, 6) is 1.28. The lowest BCUT2D eigenvalue weighted by atomic mass is 10.1. The van der Waals surface area contributed by atoms with Gasteiger partial charge in [-0.15, -0.1) is 11.6 Å². The lowest BCUT2D eigenvalue weighted by molar-refractivity contribution is 0.391. The van der Waals surface area contributed by atoms with Gasteiger partial charge in [0.2, 0.25) is 11.7 Å². The third kappa shape index (κ3) is 1.77. The standard InChI is InChI=1S/C10H9ClN2O/c1-7-2-4-8(5-3-7)10-12-9(6-11)14-13-10/h2-5H,6H2,1H3. The molecule has 1 aromatic heterocycles. The first kappa shape index (κ1) is 9.21. The Morgan fingerprint density at radius 1 is 1.29 bits per heavy atom. The summed E-state index contributed by atoms with van der Waals surface area (Å²) >= 11 is 5.56. The Balaban J connectivity index is 2.34. The van der Waals surface area contributed by atoms with E-state index in [1.807, 2.05) is 31.2 Å². The first-order valence-corrected chi connectivity index (χ1v) is 4.78. The van der Waals surface area contributed by atoms with Crippen LogP contribution in [0.3, 0.4) is 0 Å². The average Bonchev–Trinajstić information content (AvgIpc) is 2.67. The minimum Gasteiger partial charge on any atom is -0.338 e. The van der Waals surface area contributed by atoms with Crippen molar-refractivity contribution in [1.82, 2.24) is 10.1 Å². The Hall–Kier alpha value is -1.35. The first-order valence-electron chi connectivity index (χ1n) is 4.25. The zero-order chi connectivity index (χ0) is 9.97. The number of aromatic nitrogens is 2. The van der Waals surface area contributed by atoms with Crippen molar-refractivity contribution in [3.8, 4) is 11.4 Å². The minimum absolute atomic E-state index is 0.249.